The number of hydrogen-bond acceptors (Lipinski definition) is 6. The molecule has 1 heterocycles. The zero-order valence-corrected chi connectivity index (χ0v) is 23.3. The number of esters is 1. The van der Waals surface area contributed by atoms with Gasteiger partial charge >= 0.3 is 5.97 Å². The molecule has 37 heavy (non-hydrogen) atoms. The third kappa shape index (κ3) is 6.10. The Kier molecular flexibility index (Phi) is 8.45. The Hall–Kier alpha value is -2.63. The molecule has 4 rings (SSSR count). The molecule has 0 saturated heterocycles. The molecule has 0 aliphatic carbocycles. The van der Waals surface area contributed by atoms with Crippen LogP contribution in [0.5, 0.6) is 5.75 Å². The van der Waals surface area contributed by atoms with Crippen LogP contribution in [0.25, 0.3) is 0 Å². The second-order valence-corrected chi connectivity index (χ2v) is 11.7. The highest BCUT2D eigenvalue weighted by atomic mass is 79.9. The van der Waals surface area contributed by atoms with Gasteiger partial charge in [0.05, 0.1) is 40.8 Å². The van der Waals surface area contributed by atoms with Gasteiger partial charge in [-0.05, 0) is 54.1 Å². The van der Waals surface area contributed by atoms with Crippen molar-refractivity contribution in [1.29, 1.82) is 0 Å². The first-order valence-corrected chi connectivity index (χ1v) is 13.9. The van der Waals surface area contributed by atoms with Gasteiger partial charge in [0.2, 0.25) is 22.0 Å². The fourth-order valence-corrected chi connectivity index (χ4v) is 5.75. The molecular weight excluding hydrogens is 607 g/mol. The van der Waals surface area contributed by atoms with Crippen molar-refractivity contribution in [3.05, 3.63) is 86.8 Å². The lowest BCUT2D eigenvalue weighted by Crippen LogP contribution is -2.50. The predicted molar refractivity (Wildman–Crippen MR) is 143 cm³/mol. The van der Waals surface area contributed by atoms with E-state index in [-0.39, 0.29) is 23.0 Å². The maximum absolute atomic E-state index is 13.7. The number of hydrogen-bond donors (Lipinski definition) is 0. The van der Waals surface area contributed by atoms with Crippen LogP contribution < -0.4 is 9.64 Å². The van der Waals surface area contributed by atoms with Gasteiger partial charge in [0.1, 0.15) is 5.75 Å². The van der Waals surface area contributed by atoms with Crippen molar-refractivity contribution in [2.24, 2.45) is 0 Å². The number of benzene rings is 3. The van der Waals surface area contributed by atoms with Crippen LogP contribution in [0.15, 0.2) is 76.1 Å². The zero-order chi connectivity index (χ0) is 26.7. The van der Waals surface area contributed by atoms with Gasteiger partial charge in [-0.3, -0.25) is 4.79 Å². The maximum atomic E-state index is 13.7. The minimum Gasteiger partial charge on any atom is -0.475 e. The number of methoxy groups -OCH3 is 1. The average molecular weight is 628 g/mol. The summed E-state index contributed by atoms with van der Waals surface area (Å²) in [5.74, 6) is -0.892. The Morgan fingerprint density at radius 1 is 1.08 bits per heavy atom. The van der Waals surface area contributed by atoms with E-state index in [2.05, 4.69) is 15.9 Å². The van der Waals surface area contributed by atoms with E-state index in [1.165, 1.54) is 24.1 Å². The van der Waals surface area contributed by atoms with E-state index in [0.717, 1.165) is 4.31 Å². The van der Waals surface area contributed by atoms with Crippen LogP contribution in [-0.4, -0.2) is 50.9 Å². The number of nitrogens with zero attached hydrogens (tertiary/aromatic N) is 2. The van der Waals surface area contributed by atoms with Gasteiger partial charge in [0.15, 0.2) is 0 Å². The largest absolute Gasteiger partial charge is 0.475 e. The highest BCUT2D eigenvalue weighted by Crippen LogP contribution is 2.34. The number of rotatable bonds is 7. The topological polar surface area (TPSA) is 93.2 Å². The van der Waals surface area contributed by atoms with E-state index < -0.39 is 34.5 Å². The Morgan fingerprint density at radius 2 is 1.78 bits per heavy atom. The van der Waals surface area contributed by atoms with Crippen molar-refractivity contribution in [2.45, 2.75) is 17.5 Å². The van der Waals surface area contributed by atoms with Crippen molar-refractivity contribution in [3.8, 4) is 5.75 Å². The van der Waals surface area contributed by atoms with E-state index in [4.69, 9.17) is 32.7 Å². The third-order valence-electron chi connectivity index (χ3n) is 5.64. The molecule has 12 heteroatoms. The molecule has 8 nitrogen and oxygen atoms in total. The van der Waals surface area contributed by atoms with Crippen molar-refractivity contribution < 1.29 is 27.5 Å². The molecule has 0 bridgehead atoms. The fraction of sp³-hybridized carbons (Fsp3) is 0.200. The van der Waals surface area contributed by atoms with Gasteiger partial charge in [-0.15, -0.1) is 0 Å². The highest BCUT2D eigenvalue weighted by Gasteiger charge is 2.36. The summed E-state index contributed by atoms with van der Waals surface area (Å²) < 4.78 is 39.6. The van der Waals surface area contributed by atoms with Crippen LogP contribution >= 0.6 is 39.1 Å². The minimum absolute atomic E-state index is 0.0124. The SMILES string of the molecule is COC(=O)[C@@H]1CN(C(=O)CN(Cc2ccc(Cl)c(Cl)c2)S(=O)(=O)c2ccc(Br)cc2)c2ccccc2O1. The molecule has 3 aromatic carbocycles. The molecule has 1 amide bonds. The highest BCUT2D eigenvalue weighted by molar-refractivity contribution is 9.10. The number of para-hydroxylation sites is 2. The molecule has 0 saturated carbocycles. The van der Waals surface area contributed by atoms with Gasteiger partial charge in [-0.1, -0.05) is 57.3 Å². The van der Waals surface area contributed by atoms with Gasteiger partial charge in [0.25, 0.3) is 0 Å². The molecule has 0 fully saturated rings. The number of carbonyl (C=O) groups excluding carboxylic acids is 2. The summed E-state index contributed by atoms with van der Waals surface area (Å²) in [7, 11) is -2.89. The van der Waals surface area contributed by atoms with Crippen molar-refractivity contribution in [3.63, 3.8) is 0 Å². The molecule has 0 spiro atoms. The first-order valence-electron chi connectivity index (χ1n) is 10.9. The number of sulfonamides is 1. The Bertz CT molecular complexity index is 1440. The molecule has 0 N–H and O–H groups in total. The Balaban J connectivity index is 1.70. The average Bonchev–Trinajstić information content (AvgIpc) is 2.89. The number of anilines is 1. The number of halogens is 3. The molecule has 1 atom stereocenters. The lowest BCUT2D eigenvalue weighted by Gasteiger charge is -2.34. The Morgan fingerprint density at radius 3 is 2.46 bits per heavy atom. The van der Waals surface area contributed by atoms with Crippen molar-refractivity contribution >= 4 is 66.7 Å². The standard InChI is InChI=1S/C25H21BrCl2N2O6S/c1-35-25(32)23-14-30(21-4-2-3-5-22(21)36-23)24(31)15-29(13-16-6-11-19(27)20(28)12-16)37(33,34)18-9-7-17(26)8-10-18/h2-12,23H,13-15H2,1H3/t23-/m0/s1. The molecule has 3 aromatic rings. The summed E-state index contributed by atoms with van der Waals surface area (Å²) in [6.07, 6.45) is -1.06. The summed E-state index contributed by atoms with van der Waals surface area (Å²) in [6.45, 7) is -0.796. The first-order chi connectivity index (χ1) is 17.6. The van der Waals surface area contributed by atoms with E-state index in [1.807, 2.05) is 0 Å². The maximum Gasteiger partial charge on any atom is 0.348 e. The first kappa shape index (κ1) is 27.4. The van der Waals surface area contributed by atoms with Gasteiger partial charge in [-0.25, -0.2) is 13.2 Å². The van der Waals surface area contributed by atoms with Crippen LogP contribution in [0.2, 0.25) is 10.0 Å². The molecule has 0 unspecified atom stereocenters. The van der Waals surface area contributed by atoms with Gasteiger partial charge in [-0.2, -0.15) is 4.31 Å². The second-order valence-electron chi connectivity index (χ2n) is 8.08. The molecular formula is C25H21BrCl2N2O6S. The van der Waals surface area contributed by atoms with Crippen LogP contribution in [0.4, 0.5) is 5.69 Å². The normalized spacial score (nSPS) is 15.2. The van der Waals surface area contributed by atoms with Crippen molar-refractivity contribution in [1.82, 2.24) is 4.31 Å². The molecule has 194 valence electrons. The Labute approximate surface area is 232 Å². The fourth-order valence-electron chi connectivity index (χ4n) is 3.78. The van der Waals surface area contributed by atoms with E-state index >= 15 is 0 Å². The van der Waals surface area contributed by atoms with Crippen molar-refractivity contribution in [2.75, 3.05) is 25.1 Å². The smallest absolute Gasteiger partial charge is 0.348 e. The van der Waals surface area contributed by atoms with E-state index in [0.29, 0.717) is 26.5 Å². The zero-order valence-electron chi connectivity index (χ0n) is 19.4. The summed E-state index contributed by atoms with van der Waals surface area (Å²) >= 11 is 15.5. The monoisotopic (exact) mass is 626 g/mol. The number of carbonyl (C=O) groups is 2. The summed E-state index contributed by atoms with van der Waals surface area (Å²) in [5.41, 5.74) is 0.959. The molecule has 0 aromatic heterocycles. The lowest BCUT2D eigenvalue weighted by atomic mass is 10.2. The summed E-state index contributed by atoms with van der Waals surface area (Å²) in [6, 6.07) is 17.6. The van der Waals surface area contributed by atoms with E-state index in [9.17, 15) is 18.0 Å². The summed E-state index contributed by atoms with van der Waals surface area (Å²) in [5, 5.41) is 0.581. The van der Waals surface area contributed by atoms with Gasteiger partial charge < -0.3 is 14.4 Å². The predicted octanol–water partition coefficient (Wildman–Crippen LogP) is 4.91. The number of ether oxygens (including phenoxy) is 2. The van der Waals surface area contributed by atoms with E-state index in [1.54, 1.807) is 54.6 Å². The quantitative estimate of drug-likeness (QED) is 0.346. The molecule has 1 aliphatic heterocycles. The molecule has 0 radical (unpaired) electrons. The van der Waals surface area contributed by atoms with Gasteiger partial charge in [0, 0.05) is 11.0 Å². The number of amides is 1. The van der Waals surface area contributed by atoms with Crippen LogP contribution in [-0.2, 0) is 30.9 Å². The van der Waals surface area contributed by atoms with Crippen LogP contribution in [0.1, 0.15) is 5.56 Å². The number of fused-ring (bicyclic) bond motifs is 1. The van der Waals surface area contributed by atoms with Crippen LogP contribution in [0, 0.1) is 0 Å². The molecule has 1 aliphatic rings. The lowest BCUT2D eigenvalue weighted by molar-refractivity contribution is -0.148. The van der Waals surface area contributed by atoms with Crippen LogP contribution in [0.3, 0.4) is 0 Å². The second kappa shape index (κ2) is 11.4. The summed E-state index contributed by atoms with van der Waals surface area (Å²) in [4.78, 5) is 27.2. The third-order valence-corrected chi connectivity index (χ3v) is 8.72. The minimum atomic E-state index is -4.12.